The molecule has 0 saturated heterocycles. The van der Waals surface area contributed by atoms with Crippen molar-refractivity contribution in [1.29, 1.82) is 0 Å². The number of anilines is 1. The van der Waals surface area contributed by atoms with Crippen molar-refractivity contribution >= 4 is 23.4 Å². The number of aromatic nitrogens is 3. The van der Waals surface area contributed by atoms with Gasteiger partial charge in [0.2, 0.25) is 5.91 Å². The number of benzene rings is 1. The molecule has 0 spiro atoms. The SMILES string of the molecule is C=CCn1c(SCC(=O)Nc2cc(C(C)(C)C)ccc2OC)nnc1C1CC1. The summed E-state index contributed by atoms with van der Waals surface area (Å²) in [4.78, 5) is 12.6. The monoisotopic (exact) mass is 400 g/mol. The molecule has 1 amide bonds. The summed E-state index contributed by atoms with van der Waals surface area (Å²) in [5, 5.41) is 12.3. The molecule has 0 aliphatic heterocycles. The van der Waals surface area contributed by atoms with E-state index in [-0.39, 0.29) is 17.1 Å². The van der Waals surface area contributed by atoms with E-state index in [1.165, 1.54) is 11.8 Å². The minimum Gasteiger partial charge on any atom is -0.495 e. The number of carbonyl (C=O) groups is 1. The number of ether oxygens (including phenoxy) is 1. The highest BCUT2D eigenvalue weighted by Gasteiger charge is 2.30. The van der Waals surface area contributed by atoms with Gasteiger partial charge in [0.25, 0.3) is 0 Å². The first kappa shape index (κ1) is 20.5. The lowest BCUT2D eigenvalue weighted by Crippen LogP contribution is -2.17. The lowest BCUT2D eigenvalue weighted by atomic mass is 9.87. The highest BCUT2D eigenvalue weighted by Crippen LogP contribution is 2.40. The fraction of sp³-hybridized carbons (Fsp3) is 0.476. The Hall–Kier alpha value is -2.28. The van der Waals surface area contributed by atoms with Crippen LogP contribution in [0.25, 0.3) is 0 Å². The Morgan fingerprint density at radius 2 is 2.14 bits per heavy atom. The summed E-state index contributed by atoms with van der Waals surface area (Å²) in [6.07, 6.45) is 4.15. The van der Waals surface area contributed by atoms with Gasteiger partial charge < -0.3 is 14.6 Å². The first-order valence-electron chi connectivity index (χ1n) is 9.48. The van der Waals surface area contributed by atoms with Gasteiger partial charge in [-0.3, -0.25) is 4.79 Å². The number of thioether (sulfide) groups is 1. The van der Waals surface area contributed by atoms with Gasteiger partial charge in [0.05, 0.1) is 18.6 Å². The third-order valence-corrected chi connectivity index (χ3v) is 5.64. The summed E-state index contributed by atoms with van der Waals surface area (Å²) < 4.78 is 7.46. The molecule has 3 rings (SSSR count). The van der Waals surface area contributed by atoms with Crippen molar-refractivity contribution in [1.82, 2.24) is 14.8 Å². The number of carbonyl (C=O) groups excluding carboxylic acids is 1. The van der Waals surface area contributed by atoms with E-state index in [1.54, 1.807) is 7.11 Å². The summed E-state index contributed by atoms with van der Waals surface area (Å²) in [6, 6.07) is 5.90. The van der Waals surface area contributed by atoms with Crippen molar-refractivity contribution in [3.8, 4) is 5.75 Å². The van der Waals surface area contributed by atoms with Crippen LogP contribution in [0.15, 0.2) is 36.0 Å². The van der Waals surface area contributed by atoms with E-state index in [2.05, 4.69) is 47.4 Å². The molecule has 150 valence electrons. The van der Waals surface area contributed by atoms with Crippen LogP contribution < -0.4 is 10.1 Å². The Kier molecular flexibility index (Phi) is 6.13. The van der Waals surface area contributed by atoms with Gasteiger partial charge >= 0.3 is 0 Å². The van der Waals surface area contributed by atoms with Crippen molar-refractivity contribution in [2.24, 2.45) is 0 Å². The largest absolute Gasteiger partial charge is 0.495 e. The van der Waals surface area contributed by atoms with E-state index in [1.807, 2.05) is 24.3 Å². The zero-order valence-corrected chi connectivity index (χ0v) is 17.8. The highest BCUT2D eigenvalue weighted by molar-refractivity contribution is 7.99. The molecule has 0 unspecified atom stereocenters. The molecule has 1 N–H and O–H groups in total. The second kappa shape index (κ2) is 8.39. The van der Waals surface area contributed by atoms with Crippen molar-refractivity contribution in [2.75, 3.05) is 18.2 Å². The Labute approximate surface area is 170 Å². The third kappa shape index (κ3) is 4.76. The molecule has 1 aromatic carbocycles. The average molecular weight is 401 g/mol. The fourth-order valence-electron chi connectivity index (χ4n) is 2.94. The predicted octanol–water partition coefficient (Wildman–Crippen LogP) is 4.38. The number of hydrogen-bond donors (Lipinski definition) is 1. The molecule has 1 aliphatic carbocycles. The minimum atomic E-state index is -0.101. The van der Waals surface area contributed by atoms with Crippen LogP contribution in [0.5, 0.6) is 5.75 Å². The number of methoxy groups -OCH3 is 1. The Balaban J connectivity index is 1.69. The van der Waals surface area contributed by atoms with Crippen LogP contribution in [0.2, 0.25) is 0 Å². The second-order valence-corrected chi connectivity index (χ2v) is 8.96. The Morgan fingerprint density at radius 1 is 1.39 bits per heavy atom. The van der Waals surface area contributed by atoms with Crippen molar-refractivity contribution < 1.29 is 9.53 Å². The topological polar surface area (TPSA) is 69.0 Å². The minimum absolute atomic E-state index is 0.0131. The quantitative estimate of drug-likeness (QED) is 0.526. The van der Waals surface area contributed by atoms with E-state index < -0.39 is 0 Å². The van der Waals surface area contributed by atoms with E-state index >= 15 is 0 Å². The highest BCUT2D eigenvalue weighted by atomic mass is 32.2. The molecule has 0 bridgehead atoms. The maximum absolute atomic E-state index is 12.6. The summed E-state index contributed by atoms with van der Waals surface area (Å²) in [5.74, 6) is 2.30. The van der Waals surface area contributed by atoms with Crippen LogP contribution in [0.3, 0.4) is 0 Å². The molecule has 1 fully saturated rings. The first-order chi connectivity index (χ1) is 13.3. The van der Waals surface area contributed by atoms with Crippen LogP contribution in [0.1, 0.15) is 50.9 Å². The number of allylic oxidation sites excluding steroid dienone is 1. The maximum Gasteiger partial charge on any atom is 0.234 e. The fourth-order valence-corrected chi connectivity index (χ4v) is 3.69. The van der Waals surface area contributed by atoms with Gasteiger partial charge in [-0.25, -0.2) is 0 Å². The standard InChI is InChI=1S/C21H28N4O2S/c1-6-11-25-19(14-7-8-14)23-24-20(25)28-13-18(26)22-16-12-15(21(2,3)4)9-10-17(16)27-5/h6,9-10,12,14H,1,7-8,11,13H2,2-5H3,(H,22,26). The van der Waals surface area contributed by atoms with Crippen molar-refractivity contribution in [3.63, 3.8) is 0 Å². The molecule has 0 radical (unpaired) electrons. The Bertz CT molecular complexity index is 866. The van der Waals surface area contributed by atoms with Gasteiger partial charge in [-0.1, -0.05) is 44.7 Å². The van der Waals surface area contributed by atoms with E-state index in [9.17, 15) is 4.79 Å². The number of nitrogens with one attached hydrogen (secondary N) is 1. The Morgan fingerprint density at radius 3 is 2.75 bits per heavy atom. The molecule has 28 heavy (non-hydrogen) atoms. The summed E-state index contributed by atoms with van der Waals surface area (Å²) in [7, 11) is 1.60. The average Bonchev–Trinajstić information content (AvgIpc) is 3.41. The van der Waals surface area contributed by atoms with Crippen LogP contribution in [-0.2, 0) is 16.8 Å². The van der Waals surface area contributed by atoms with Crippen LogP contribution in [0.4, 0.5) is 5.69 Å². The molecule has 2 aromatic rings. The lowest BCUT2D eigenvalue weighted by Gasteiger charge is -2.21. The van der Waals surface area contributed by atoms with Gasteiger partial charge in [-0.2, -0.15) is 0 Å². The number of amides is 1. The second-order valence-electron chi connectivity index (χ2n) is 8.02. The van der Waals surface area contributed by atoms with Crippen LogP contribution >= 0.6 is 11.8 Å². The zero-order chi connectivity index (χ0) is 20.3. The number of rotatable bonds is 8. The van der Waals surface area contributed by atoms with Gasteiger partial charge in [-0.15, -0.1) is 16.8 Å². The van der Waals surface area contributed by atoms with Gasteiger partial charge in [-0.05, 0) is 36.0 Å². The van der Waals surface area contributed by atoms with Crippen molar-refractivity contribution in [3.05, 3.63) is 42.2 Å². The van der Waals surface area contributed by atoms with Gasteiger partial charge in [0.1, 0.15) is 11.6 Å². The maximum atomic E-state index is 12.6. The van der Waals surface area contributed by atoms with Crippen LogP contribution in [-0.4, -0.2) is 33.5 Å². The number of nitrogens with zero attached hydrogens (tertiary/aromatic N) is 3. The third-order valence-electron chi connectivity index (χ3n) is 4.67. The van der Waals surface area contributed by atoms with E-state index in [4.69, 9.17) is 4.74 Å². The summed E-state index contributed by atoms with van der Waals surface area (Å²) >= 11 is 1.39. The van der Waals surface area contributed by atoms with E-state index in [0.717, 1.165) is 29.4 Å². The first-order valence-corrected chi connectivity index (χ1v) is 10.5. The molecular formula is C21H28N4O2S. The smallest absolute Gasteiger partial charge is 0.234 e. The molecule has 0 atom stereocenters. The molecule has 1 aliphatic rings. The molecule has 1 aromatic heterocycles. The normalized spacial score (nSPS) is 14.0. The van der Waals surface area contributed by atoms with E-state index in [0.29, 0.717) is 23.9 Å². The molecule has 7 heteroatoms. The molecular weight excluding hydrogens is 372 g/mol. The predicted molar refractivity (Wildman–Crippen MR) is 113 cm³/mol. The van der Waals surface area contributed by atoms with Gasteiger partial charge in [0.15, 0.2) is 5.16 Å². The lowest BCUT2D eigenvalue weighted by molar-refractivity contribution is -0.113. The molecule has 1 saturated carbocycles. The molecule has 6 nitrogen and oxygen atoms in total. The van der Waals surface area contributed by atoms with Crippen molar-refractivity contribution in [2.45, 2.75) is 56.6 Å². The van der Waals surface area contributed by atoms with Crippen LogP contribution in [0, 0.1) is 0 Å². The summed E-state index contributed by atoms with van der Waals surface area (Å²) in [5.41, 5.74) is 1.81. The van der Waals surface area contributed by atoms with Gasteiger partial charge in [0, 0.05) is 12.5 Å². The molecule has 1 heterocycles. The zero-order valence-electron chi connectivity index (χ0n) is 17.0. The number of hydrogen-bond acceptors (Lipinski definition) is 5. The summed E-state index contributed by atoms with van der Waals surface area (Å²) in [6.45, 7) is 10.9.